The fourth-order valence-electron chi connectivity index (χ4n) is 2.17. The first-order valence-corrected chi connectivity index (χ1v) is 5.01. The van der Waals surface area contributed by atoms with E-state index in [-0.39, 0.29) is 6.10 Å². The maximum Gasteiger partial charge on any atom is 0.329 e. The van der Waals surface area contributed by atoms with Crippen molar-refractivity contribution in [2.45, 2.75) is 37.3 Å². The molecule has 1 saturated carbocycles. The number of amides is 1. The van der Waals surface area contributed by atoms with Gasteiger partial charge < -0.3 is 14.7 Å². The molecule has 0 saturated heterocycles. The van der Waals surface area contributed by atoms with E-state index in [2.05, 4.69) is 0 Å². The molecule has 1 aliphatic rings. The summed E-state index contributed by atoms with van der Waals surface area (Å²) in [6.45, 7) is 0. The van der Waals surface area contributed by atoms with E-state index >= 15 is 0 Å². The molecular formula is C10H17NO4. The van der Waals surface area contributed by atoms with Crippen LogP contribution in [0.3, 0.4) is 0 Å². The SMILES string of the molecule is COC1CCCC(C(=O)O)(N(C)C=O)C1. The van der Waals surface area contributed by atoms with Crippen molar-refractivity contribution in [1.82, 2.24) is 4.90 Å². The monoisotopic (exact) mass is 215 g/mol. The molecule has 1 rings (SSSR count). The Morgan fingerprint density at radius 3 is 2.80 bits per heavy atom. The summed E-state index contributed by atoms with van der Waals surface area (Å²) in [5.41, 5.74) is -1.08. The Morgan fingerprint density at radius 2 is 2.33 bits per heavy atom. The molecule has 0 spiro atoms. The van der Waals surface area contributed by atoms with Crippen molar-refractivity contribution in [2.75, 3.05) is 14.2 Å². The normalized spacial score (nSPS) is 30.9. The molecule has 0 heterocycles. The Morgan fingerprint density at radius 1 is 1.67 bits per heavy atom. The zero-order valence-corrected chi connectivity index (χ0v) is 9.10. The summed E-state index contributed by atoms with van der Waals surface area (Å²) in [6, 6.07) is 0. The molecule has 5 nitrogen and oxygen atoms in total. The highest BCUT2D eigenvalue weighted by Crippen LogP contribution is 2.33. The van der Waals surface area contributed by atoms with E-state index in [0.717, 1.165) is 12.8 Å². The van der Waals surface area contributed by atoms with Crippen LogP contribution in [-0.4, -0.2) is 48.2 Å². The number of hydrogen-bond acceptors (Lipinski definition) is 3. The summed E-state index contributed by atoms with van der Waals surface area (Å²) in [5.74, 6) is -0.946. The lowest BCUT2D eigenvalue weighted by atomic mass is 9.79. The minimum absolute atomic E-state index is 0.0720. The van der Waals surface area contributed by atoms with Gasteiger partial charge in [-0.05, 0) is 19.3 Å². The largest absolute Gasteiger partial charge is 0.479 e. The fraction of sp³-hybridized carbons (Fsp3) is 0.800. The highest BCUT2D eigenvalue weighted by Gasteiger charge is 2.46. The van der Waals surface area contributed by atoms with Gasteiger partial charge in [0.25, 0.3) is 0 Å². The van der Waals surface area contributed by atoms with Gasteiger partial charge in [-0.2, -0.15) is 0 Å². The van der Waals surface area contributed by atoms with E-state index in [4.69, 9.17) is 4.74 Å². The van der Waals surface area contributed by atoms with E-state index in [1.165, 1.54) is 11.9 Å². The van der Waals surface area contributed by atoms with E-state index in [1.54, 1.807) is 7.11 Å². The summed E-state index contributed by atoms with van der Waals surface area (Å²) in [6.07, 6.45) is 3.00. The predicted octanol–water partition coefficient (Wildman–Crippen LogP) is 0.487. The second-order valence-corrected chi connectivity index (χ2v) is 4.01. The van der Waals surface area contributed by atoms with Gasteiger partial charge >= 0.3 is 5.97 Å². The van der Waals surface area contributed by atoms with Gasteiger partial charge in [-0.1, -0.05) is 0 Å². The summed E-state index contributed by atoms with van der Waals surface area (Å²) in [5, 5.41) is 9.25. The zero-order chi connectivity index (χ0) is 11.5. The van der Waals surface area contributed by atoms with E-state index in [1.807, 2.05) is 0 Å². The molecule has 0 aliphatic heterocycles. The molecule has 5 heteroatoms. The molecule has 2 atom stereocenters. The van der Waals surface area contributed by atoms with Gasteiger partial charge in [-0.3, -0.25) is 4.79 Å². The van der Waals surface area contributed by atoms with Gasteiger partial charge in [0.15, 0.2) is 0 Å². The van der Waals surface area contributed by atoms with Crippen molar-refractivity contribution in [3.63, 3.8) is 0 Å². The quantitative estimate of drug-likeness (QED) is 0.693. The topological polar surface area (TPSA) is 66.8 Å². The third kappa shape index (κ3) is 2.12. The molecular weight excluding hydrogens is 198 g/mol. The van der Waals surface area contributed by atoms with E-state index < -0.39 is 11.5 Å². The van der Waals surface area contributed by atoms with Crippen molar-refractivity contribution in [1.29, 1.82) is 0 Å². The van der Waals surface area contributed by atoms with Gasteiger partial charge in [-0.15, -0.1) is 0 Å². The lowest BCUT2D eigenvalue weighted by Crippen LogP contribution is -2.56. The highest BCUT2D eigenvalue weighted by atomic mass is 16.5. The third-order valence-electron chi connectivity index (χ3n) is 3.25. The number of carbonyl (C=O) groups is 2. The van der Waals surface area contributed by atoms with Crippen LogP contribution in [0.5, 0.6) is 0 Å². The Balaban J connectivity index is 2.89. The second-order valence-electron chi connectivity index (χ2n) is 4.01. The molecule has 15 heavy (non-hydrogen) atoms. The van der Waals surface area contributed by atoms with Crippen LogP contribution >= 0.6 is 0 Å². The Hall–Kier alpha value is -1.10. The van der Waals surface area contributed by atoms with Crippen LogP contribution in [0.2, 0.25) is 0 Å². The van der Waals surface area contributed by atoms with Crippen LogP contribution in [0.1, 0.15) is 25.7 Å². The minimum atomic E-state index is -1.08. The molecule has 0 bridgehead atoms. The van der Waals surface area contributed by atoms with E-state index in [0.29, 0.717) is 19.3 Å². The molecule has 2 unspecified atom stereocenters. The van der Waals surface area contributed by atoms with Crippen molar-refractivity contribution >= 4 is 12.4 Å². The fourth-order valence-corrected chi connectivity index (χ4v) is 2.17. The van der Waals surface area contributed by atoms with Gasteiger partial charge in [-0.25, -0.2) is 4.79 Å². The number of carboxylic acid groups (broad SMARTS) is 1. The molecule has 0 radical (unpaired) electrons. The van der Waals surface area contributed by atoms with Gasteiger partial charge in [0.05, 0.1) is 6.10 Å². The van der Waals surface area contributed by atoms with Crippen molar-refractivity contribution in [3.05, 3.63) is 0 Å². The summed E-state index contributed by atoms with van der Waals surface area (Å²) < 4.78 is 5.19. The van der Waals surface area contributed by atoms with Crippen LogP contribution in [0.25, 0.3) is 0 Å². The third-order valence-corrected chi connectivity index (χ3v) is 3.25. The van der Waals surface area contributed by atoms with Crippen LogP contribution in [-0.2, 0) is 14.3 Å². The average molecular weight is 215 g/mol. The average Bonchev–Trinajstić information content (AvgIpc) is 2.27. The van der Waals surface area contributed by atoms with Crippen LogP contribution in [0, 0.1) is 0 Å². The molecule has 0 aromatic rings. The van der Waals surface area contributed by atoms with E-state index in [9.17, 15) is 14.7 Å². The first-order valence-electron chi connectivity index (χ1n) is 5.01. The lowest BCUT2D eigenvalue weighted by molar-refractivity contribution is -0.159. The van der Waals surface area contributed by atoms with Crippen molar-refractivity contribution in [2.24, 2.45) is 0 Å². The number of hydrogen-bond donors (Lipinski definition) is 1. The zero-order valence-electron chi connectivity index (χ0n) is 9.10. The number of aliphatic carboxylic acids is 1. The predicted molar refractivity (Wildman–Crippen MR) is 53.5 cm³/mol. The first-order chi connectivity index (χ1) is 7.06. The Labute approximate surface area is 89.0 Å². The van der Waals surface area contributed by atoms with Crippen LogP contribution < -0.4 is 0 Å². The maximum atomic E-state index is 11.3. The van der Waals surface area contributed by atoms with Gasteiger partial charge in [0.1, 0.15) is 5.54 Å². The molecule has 1 aliphatic carbocycles. The minimum Gasteiger partial charge on any atom is -0.479 e. The summed E-state index contributed by atoms with van der Waals surface area (Å²) in [4.78, 5) is 23.3. The maximum absolute atomic E-state index is 11.3. The molecule has 1 fully saturated rings. The van der Waals surface area contributed by atoms with Gasteiger partial charge in [0, 0.05) is 20.6 Å². The van der Waals surface area contributed by atoms with Crippen molar-refractivity contribution < 1.29 is 19.4 Å². The lowest BCUT2D eigenvalue weighted by Gasteiger charge is -2.41. The second kappa shape index (κ2) is 4.61. The van der Waals surface area contributed by atoms with Gasteiger partial charge in [0.2, 0.25) is 6.41 Å². The highest BCUT2D eigenvalue weighted by molar-refractivity contribution is 5.81. The number of nitrogens with zero attached hydrogens (tertiary/aromatic N) is 1. The van der Waals surface area contributed by atoms with Crippen LogP contribution in [0.4, 0.5) is 0 Å². The summed E-state index contributed by atoms with van der Waals surface area (Å²) in [7, 11) is 3.09. The summed E-state index contributed by atoms with van der Waals surface area (Å²) >= 11 is 0. The Kier molecular flexibility index (Phi) is 3.68. The standard InChI is InChI=1S/C10H17NO4/c1-11(7-12)10(9(13)14)5-3-4-8(6-10)15-2/h7-8H,3-6H2,1-2H3,(H,13,14). The Bertz CT molecular complexity index is 256. The number of likely N-dealkylation sites (N-methyl/N-ethyl adjacent to an activating group) is 1. The van der Waals surface area contributed by atoms with Crippen molar-refractivity contribution in [3.8, 4) is 0 Å². The molecule has 86 valence electrons. The molecule has 0 aromatic heterocycles. The molecule has 1 amide bonds. The smallest absolute Gasteiger partial charge is 0.329 e. The van der Waals surface area contributed by atoms with Crippen LogP contribution in [0.15, 0.2) is 0 Å². The number of carbonyl (C=O) groups excluding carboxylic acids is 1. The molecule has 1 N–H and O–H groups in total. The number of methoxy groups -OCH3 is 1. The number of carboxylic acids is 1. The number of rotatable bonds is 4. The number of ether oxygens (including phenoxy) is 1. The molecule has 0 aromatic carbocycles. The first kappa shape index (κ1) is 12.0.